The molecule has 2 heterocycles. The maximum atomic E-state index is 13.2. The van der Waals surface area contributed by atoms with Gasteiger partial charge >= 0.3 is 0 Å². The van der Waals surface area contributed by atoms with Crippen molar-refractivity contribution >= 4 is 5.95 Å². The number of rotatable bonds is 3. The number of aromatic nitrogens is 5. The highest BCUT2D eigenvalue weighted by Crippen LogP contribution is 2.22. The molecule has 3 rings (SSSR count). The number of hydrogen-bond donors (Lipinski definition) is 1. The standard InChI is InChI=1S/C14H13FN6/c1-9-8-10(15)4-5-11(9)12-18-13(16-2)20-14(19-12)21-7-3-6-17-21/h3-8H,1-2H3,(H,16,18,19,20). The Kier molecular flexibility index (Phi) is 3.31. The average Bonchev–Trinajstić information content (AvgIpc) is 3.01. The van der Waals surface area contributed by atoms with Crippen LogP contribution in [0.2, 0.25) is 0 Å². The molecule has 0 amide bonds. The van der Waals surface area contributed by atoms with Crippen molar-refractivity contribution in [2.45, 2.75) is 6.92 Å². The molecule has 3 aromatic rings. The monoisotopic (exact) mass is 284 g/mol. The lowest BCUT2D eigenvalue weighted by molar-refractivity contribution is 0.627. The Morgan fingerprint density at radius 3 is 2.71 bits per heavy atom. The highest BCUT2D eigenvalue weighted by Gasteiger charge is 2.11. The number of nitrogens with zero attached hydrogens (tertiary/aromatic N) is 5. The molecule has 0 atom stereocenters. The molecular weight excluding hydrogens is 271 g/mol. The first-order chi connectivity index (χ1) is 10.2. The lowest BCUT2D eigenvalue weighted by Crippen LogP contribution is -2.08. The van der Waals surface area contributed by atoms with Gasteiger partial charge in [-0.1, -0.05) is 0 Å². The van der Waals surface area contributed by atoms with E-state index in [0.717, 1.165) is 11.1 Å². The predicted octanol–water partition coefficient (Wildman–Crippen LogP) is 2.21. The summed E-state index contributed by atoms with van der Waals surface area (Å²) in [6, 6.07) is 6.28. The van der Waals surface area contributed by atoms with Crippen LogP contribution in [0.4, 0.5) is 10.3 Å². The molecule has 2 aromatic heterocycles. The summed E-state index contributed by atoms with van der Waals surface area (Å²) in [5.74, 6) is 1.01. The number of halogens is 1. The SMILES string of the molecule is CNc1nc(-c2ccc(F)cc2C)nc(-n2cccn2)n1. The fraction of sp³-hybridized carbons (Fsp3) is 0.143. The van der Waals surface area contributed by atoms with Gasteiger partial charge in [0.2, 0.25) is 5.95 Å². The molecule has 0 saturated carbocycles. The lowest BCUT2D eigenvalue weighted by atomic mass is 10.1. The van der Waals surface area contributed by atoms with Crippen LogP contribution in [0, 0.1) is 12.7 Å². The van der Waals surface area contributed by atoms with Crippen LogP contribution in [0.3, 0.4) is 0 Å². The molecule has 0 unspecified atom stereocenters. The molecule has 0 bridgehead atoms. The third kappa shape index (κ3) is 2.58. The van der Waals surface area contributed by atoms with Crippen LogP contribution < -0.4 is 5.32 Å². The quantitative estimate of drug-likeness (QED) is 0.798. The molecule has 0 saturated heterocycles. The Labute approximate surface area is 120 Å². The first-order valence-corrected chi connectivity index (χ1v) is 6.38. The summed E-state index contributed by atoms with van der Waals surface area (Å²) >= 11 is 0. The van der Waals surface area contributed by atoms with E-state index in [9.17, 15) is 4.39 Å². The summed E-state index contributed by atoms with van der Waals surface area (Å²) < 4.78 is 14.8. The van der Waals surface area contributed by atoms with E-state index in [1.54, 1.807) is 36.3 Å². The fourth-order valence-corrected chi connectivity index (χ4v) is 1.96. The molecule has 7 heteroatoms. The van der Waals surface area contributed by atoms with E-state index >= 15 is 0 Å². The van der Waals surface area contributed by atoms with Crippen molar-refractivity contribution in [1.82, 2.24) is 24.7 Å². The van der Waals surface area contributed by atoms with E-state index in [1.165, 1.54) is 12.1 Å². The van der Waals surface area contributed by atoms with Gasteiger partial charge in [-0.15, -0.1) is 0 Å². The molecular formula is C14H13FN6. The van der Waals surface area contributed by atoms with Crippen molar-refractivity contribution in [3.63, 3.8) is 0 Å². The molecule has 6 nitrogen and oxygen atoms in total. The predicted molar refractivity (Wildman–Crippen MR) is 76.6 cm³/mol. The van der Waals surface area contributed by atoms with E-state index in [1.807, 2.05) is 6.92 Å². The Morgan fingerprint density at radius 2 is 2.05 bits per heavy atom. The van der Waals surface area contributed by atoms with Crippen molar-refractivity contribution in [2.24, 2.45) is 0 Å². The molecule has 0 radical (unpaired) electrons. The highest BCUT2D eigenvalue weighted by atomic mass is 19.1. The van der Waals surface area contributed by atoms with E-state index < -0.39 is 0 Å². The minimum atomic E-state index is -0.286. The highest BCUT2D eigenvalue weighted by molar-refractivity contribution is 5.61. The van der Waals surface area contributed by atoms with Crippen LogP contribution in [0.1, 0.15) is 5.56 Å². The van der Waals surface area contributed by atoms with Gasteiger partial charge in [0.1, 0.15) is 5.82 Å². The maximum absolute atomic E-state index is 13.2. The van der Waals surface area contributed by atoms with Crippen molar-refractivity contribution in [3.8, 4) is 17.3 Å². The number of benzene rings is 1. The van der Waals surface area contributed by atoms with Crippen LogP contribution in [0.25, 0.3) is 17.3 Å². The van der Waals surface area contributed by atoms with Crippen LogP contribution in [-0.2, 0) is 0 Å². The molecule has 1 N–H and O–H groups in total. The molecule has 106 valence electrons. The normalized spacial score (nSPS) is 10.6. The number of anilines is 1. The number of hydrogen-bond acceptors (Lipinski definition) is 5. The second-order valence-electron chi connectivity index (χ2n) is 4.44. The first-order valence-electron chi connectivity index (χ1n) is 6.38. The lowest BCUT2D eigenvalue weighted by Gasteiger charge is -2.08. The molecule has 0 aliphatic carbocycles. The minimum Gasteiger partial charge on any atom is -0.357 e. The van der Waals surface area contributed by atoms with Gasteiger partial charge in [-0.3, -0.25) is 0 Å². The Balaban J connectivity index is 2.16. The largest absolute Gasteiger partial charge is 0.357 e. The van der Waals surface area contributed by atoms with E-state index in [-0.39, 0.29) is 5.82 Å². The van der Waals surface area contributed by atoms with Gasteiger partial charge in [-0.2, -0.15) is 20.1 Å². The minimum absolute atomic E-state index is 0.286. The molecule has 0 fully saturated rings. The number of aryl methyl sites for hydroxylation is 1. The van der Waals surface area contributed by atoms with Gasteiger partial charge in [-0.05, 0) is 36.8 Å². The van der Waals surface area contributed by atoms with Crippen LogP contribution in [0.15, 0.2) is 36.7 Å². The molecule has 0 spiro atoms. The molecule has 0 aliphatic heterocycles. The smallest absolute Gasteiger partial charge is 0.255 e. The summed E-state index contributed by atoms with van der Waals surface area (Å²) in [6.45, 7) is 1.81. The molecule has 1 aromatic carbocycles. The Hall–Kier alpha value is -2.83. The summed E-state index contributed by atoms with van der Waals surface area (Å²) in [7, 11) is 1.73. The van der Waals surface area contributed by atoms with Gasteiger partial charge in [0.25, 0.3) is 5.95 Å². The fourth-order valence-electron chi connectivity index (χ4n) is 1.96. The average molecular weight is 284 g/mol. The van der Waals surface area contributed by atoms with Crippen LogP contribution >= 0.6 is 0 Å². The van der Waals surface area contributed by atoms with Gasteiger partial charge in [0, 0.05) is 25.0 Å². The van der Waals surface area contributed by atoms with Crippen molar-refractivity contribution < 1.29 is 4.39 Å². The zero-order valence-corrected chi connectivity index (χ0v) is 11.6. The molecule has 0 aliphatic rings. The zero-order chi connectivity index (χ0) is 14.8. The topological polar surface area (TPSA) is 68.5 Å². The zero-order valence-electron chi connectivity index (χ0n) is 11.6. The summed E-state index contributed by atoms with van der Waals surface area (Å²) in [5.41, 5.74) is 1.51. The second-order valence-corrected chi connectivity index (χ2v) is 4.44. The van der Waals surface area contributed by atoms with Crippen molar-refractivity contribution in [3.05, 3.63) is 48.0 Å². The van der Waals surface area contributed by atoms with Gasteiger partial charge in [0.15, 0.2) is 5.82 Å². The van der Waals surface area contributed by atoms with E-state index in [4.69, 9.17) is 0 Å². The van der Waals surface area contributed by atoms with E-state index in [0.29, 0.717) is 17.7 Å². The maximum Gasteiger partial charge on any atom is 0.255 e. The van der Waals surface area contributed by atoms with Crippen LogP contribution in [0.5, 0.6) is 0 Å². The third-order valence-corrected chi connectivity index (χ3v) is 2.99. The second kappa shape index (κ2) is 5.28. The van der Waals surface area contributed by atoms with Crippen molar-refractivity contribution in [1.29, 1.82) is 0 Å². The third-order valence-electron chi connectivity index (χ3n) is 2.99. The summed E-state index contributed by atoms with van der Waals surface area (Å²) in [5, 5.41) is 7.00. The van der Waals surface area contributed by atoms with Crippen LogP contribution in [-0.4, -0.2) is 31.8 Å². The summed E-state index contributed by atoms with van der Waals surface area (Å²) in [6.07, 6.45) is 3.39. The van der Waals surface area contributed by atoms with Gasteiger partial charge in [0.05, 0.1) is 0 Å². The van der Waals surface area contributed by atoms with Crippen molar-refractivity contribution in [2.75, 3.05) is 12.4 Å². The Bertz CT molecular complexity index is 769. The summed E-state index contributed by atoms with van der Waals surface area (Å²) in [4.78, 5) is 13.0. The first kappa shape index (κ1) is 13.2. The van der Waals surface area contributed by atoms with Gasteiger partial charge in [-0.25, -0.2) is 9.07 Å². The molecule has 21 heavy (non-hydrogen) atoms. The van der Waals surface area contributed by atoms with Gasteiger partial charge < -0.3 is 5.32 Å². The van der Waals surface area contributed by atoms with E-state index in [2.05, 4.69) is 25.4 Å². The number of nitrogens with one attached hydrogen (secondary N) is 1. The Morgan fingerprint density at radius 1 is 1.19 bits per heavy atom.